The Morgan fingerprint density at radius 1 is 0.659 bits per heavy atom. The third-order valence-corrected chi connectivity index (χ3v) is 6.40. The van der Waals surface area contributed by atoms with Crippen LogP contribution in [-0.4, -0.2) is 9.97 Å². The molecule has 0 aliphatic carbocycles. The van der Waals surface area contributed by atoms with Gasteiger partial charge in [-0.3, -0.25) is 0 Å². The van der Waals surface area contributed by atoms with E-state index in [1.165, 1.54) is 21.9 Å². The van der Waals surface area contributed by atoms with Gasteiger partial charge in [-0.2, -0.15) is 0 Å². The standard InChI is InChI=1S/C21H14N.C17H20N.Ir/c1-2-7-17(8-3-1)21-15-20(12-13-22-21)19-11-10-16-6-4-5-9-18(16)14-19;1-17(2,3)12-11-14-9-10-16(18-13-14)15-7-5-4-6-8-15;/h1-7,9-15H;4-7,9-10,13H,11-12H2,1-3H3;/q2*-1;/i;11D2;. The second kappa shape index (κ2) is 14.1. The van der Waals surface area contributed by atoms with E-state index < -0.39 is 6.37 Å². The molecule has 0 aliphatic heterocycles. The van der Waals surface area contributed by atoms with Gasteiger partial charge >= 0.3 is 0 Å². The average Bonchev–Trinajstić information content (AvgIpc) is 3.01. The molecule has 0 saturated heterocycles. The molecule has 6 aromatic rings. The second-order valence-corrected chi connectivity index (χ2v) is 10.9. The number of benzene rings is 4. The molecule has 1 radical (unpaired) electrons. The van der Waals surface area contributed by atoms with E-state index >= 15 is 0 Å². The molecule has 2 aromatic heterocycles. The molecule has 0 fully saturated rings. The molecule has 2 nitrogen and oxygen atoms in total. The zero-order valence-corrected chi connectivity index (χ0v) is 26.0. The van der Waals surface area contributed by atoms with Crippen molar-refractivity contribution in [1.29, 1.82) is 0 Å². The summed E-state index contributed by atoms with van der Waals surface area (Å²) in [6, 6.07) is 44.8. The Bertz CT molecular complexity index is 1750. The minimum Gasteiger partial charge on any atom is -0.305 e. The van der Waals surface area contributed by atoms with Crippen LogP contribution < -0.4 is 0 Å². The molecule has 0 aliphatic rings. The van der Waals surface area contributed by atoms with Crippen molar-refractivity contribution in [2.24, 2.45) is 5.41 Å². The maximum atomic E-state index is 8.22. The predicted octanol–water partition coefficient (Wildman–Crippen LogP) is 9.89. The summed E-state index contributed by atoms with van der Waals surface area (Å²) in [5.41, 5.74) is 6.67. The van der Waals surface area contributed by atoms with E-state index in [2.05, 4.69) is 76.7 Å². The van der Waals surface area contributed by atoms with Gasteiger partial charge in [-0.15, -0.1) is 71.8 Å². The summed E-state index contributed by atoms with van der Waals surface area (Å²) < 4.78 is 16.4. The second-order valence-electron chi connectivity index (χ2n) is 10.9. The number of fused-ring (bicyclic) bond motifs is 1. The summed E-state index contributed by atoms with van der Waals surface area (Å²) in [6.07, 6.45) is 2.62. The molecule has 0 amide bonds. The van der Waals surface area contributed by atoms with Crippen molar-refractivity contribution < 1.29 is 22.8 Å². The quantitative estimate of drug-likeness (QED) is 0.166. The van der Waals surface area contributed by atoms with Crippen molar-refractivity contribution in [3.05, 3.63) is 145 Å². The Hall–Kier alpha value is -3.91. The molecule has 41 heavy (non-hydrogen) atoms. The summed E-state index contributed by atoms with van der Waals surface area (Å²) in [5.74, 6) is 0. The zero-order valence-electron chi connectivity index (χ0n) is 25.6. The molecule has 4 aromatic carbocycles. The maximum absolute atomic E-state index is 8.22. The number of hydrogen-bond acceptors (Lipinski definition) is 2. The molecular formula is C38H34IrN2-2. The van der Waals surface area contributed by atoms with E-state index in [-0.39, 0.29) is 25.5 Å². The average molecular weight is 713 g/mol. The van der Waals surface area contributed by atoms with Crippen molar-refractivity contribution >= 4 is 10.8 Å². The minimum atomic E-state index is -1.36. The Labute approximate surface area is 260 Å². The van der Waals surface area contributed by atoms with Gasteiger partial charge < -0.3 is 9.97 Å². The van der Waals surface area contributed by atoms with Gasteiger partial charge in [0.25, 0.3) is 0 Å². The fourth-order valence-electron chi connectivity index (χ4n) is 4.26. The van der Waals surface area contributed by atoms with Crippen LogP contribution in [0.4, 0.5) is 0 Å². The van der Waals surface area contributed by atoms with Gasteiger partial charge in [-0.25, -0.2) is 0 Å². The molecule has 0 atom stereocenters. The summed E-state index contributed by atoms with van der Waals surface area (Å²) in [5, 5.41) is 2.52. The topological polar surface area (TPSA) is 25.8 Å². The van der Waals surface area contributed by atoms with Crippen LogP contribution in [0.2, 0.25) is 0 Å². The summed E-state index contributed by atoms with van der Waals surface area (Å²) in [7, 11) is 0. The Morgan fingerprint density at radius 3 is 1.95 bits per heavy atom. The first-order valence-corrected chi connectivity index (χ1v) is 13.5. The third-order valence-electron chi connectivity index (χ3n) is 6.40. The SMILES string of the molecule is [2H]C([2H])(CC(C)(C)C)c1ccc(-c2[c-]cccc2)nc1.[Ir].[c-]1ccccc1-c1cc(-c2ccc3ccccc3c2)ccn1. The Morgan fingerprint density at radius 2 is 1.32 bits per heavy atom. The van der Waals surface area contributed by atoms with Crippen molar-refractivity contribution in [3.8, 4) is 33.6 Å². The first-order chi connectivity index (χ1) is 20.2. The van der Waals surface area contributed by atoms with Crippen LogP contribution in [0.3, 0.4) is 0 Å². The number of aromatic nitrogens is 2. The number of nitrogens with zero attached hydrogens (tertiary/aromatic N) is 2. The molecule has 207 valence electrons. The Balaban J connectivity index is 0.000000194. The van der Waals surface area contributed by atoms with Gasteiger partial charge in [-0.05, 0) is 69.2 Å². The fraction of sp³-hybridized carbons (Fsp3) is 0.158. The summed E-state index contributed by atoms with van der Waals surface area (Å²) in [6.45, 7) is 6.14. The van der Waals surface area contributed by atoms with Gasteiger partial charge in [0.15, 0.2) is 0 Å². The van der Waals surface area contributed by atoms with Gasteiger partial charge in [0, 0.05) is 35.2 Å². The molecule has 0 saturated carbocycles. The molecule has 0 N–H and O–H groups in total. The van der Waals surface area contributed by atoms with Crippen LogP contribution in [0.1, 0.15) is 35.5 Å². The van der Waals surface area contributed by atoms with Crippen molar-refractivity contribution in [2.45, 2.75) is 33.6 Å². The van der Waals surface area contributed by atoms with Crippen LogP contribution >= 0.6 is 0 Å². The first kappa shape index (κ1) is 27.3. The van der Waals surface area contributed by atoms with Crippen LogP contribution in [0.15, 0.2) is 128 Å². The van der Waals surface area contributed by atoms with Crippen molar-refractivity contribution in [2.75, 3.05) is 0 Å². The van der Waals surface area contributed by atoms with Gasteiger partial charge in [0.2, 0.25) is 0 Å². The number of rotatable bonds is 5. The van der Waals surface area contributed by atoms with E-state index in [1.54, 1.807) is 6.20 Å². The van der Waals surface area contributed by atoms with E-state index in [9.17, 15) is 0 Å². The number of hydrogen-bond donors (Lipinski definition) is 0. The molecular weight excluding hydrogens is 677 g/mol. The van der Waals surface area contributed by atoms with Crippen molar-refractivity contribution in [3.63, 3.8) is 0 Å². The van der Waals surface area contributed by atoms with E-state index in [4.69, 9.17) is 2.74 Å². The Kier molecular flexibility index (Phi) is 9.39. The van der Waals surface area contributed by atoms with E-state index in [0.29, 0.717) is 12.0 Å². The summed E-state index contributed by atoms with van der Waals surface area (Å²) in [4.78, 5) is 8.84. The predicted molar refractivity (Wildman–Crippen MR) is 168 cm³/mol. The zero-order chi connectivity index (χ0) is 29.6. The van der Waals surface area contributed by atoms with Gasteiger partial charge in [0.05, 0.1) is 0 Å². The maximum Gasteiger partial charge on any atom is 0.0317 e. The number of pyridine rings is 2. The first-order valence-electron chi connectivity index (χ1n) is 14.5. The van der Waals surface area contributed by atoms with Gasteiger partial charge in [-0.1, -0.05) is 75.4 Å². The minimum absolute atomic E-state index is 0. The van der Waals surface area contributed by atoms with Crippen LogP contribution in [-0.2, 0) is 26.5 Å². The molecule has 0 unspecified atom stereocenters. The van der Waals surface area contributed by atoms with Crippen LogP contribution in [0, 0.1) is 17.5 Å². The monoisotopic (exact) mass is 713 g/mol. The number of aryl methyl sites for hydroxylation is 1. The largest absolute Gasteiger partial charge is 0.305 e. The van der Waals surface area contributed by atoms with Gasteiger partial charge in [0.1, 0.15) is 0 Å². The third kappa shape index (κ3) is 8.54. The fourth-order valence-corrected chi connectivity index (χ4v) is 4.26. The summed E-state index contributed by atoms with van der Waals surface area (Å²) >= 11 is 0. The molecule has 0 spiro atoms. The molecule has 0 bridgehead atoms. The van der Waals surface area contributed by atoms with Crippen LogP contribution in [0.5, 0.6) is 0 Å². The molecule has 3 heteroatoms. The molecule has 2 heterocycles. The molecule has 6 rings (SSSR count). The van der Waals surface area contributed by atoms with Crippen LogP contribution in [0.25, 0.3) is 44.4 Å². The van der Waals surface area contributed by atoms with Crippen molar-refractivity contribution in [1.82, 2.24) is 9.97 Å². The van der Waals surface area contributed by atoms with E-state index in [0.717, 1.165) is 22.5 Å². The van der Waals surface area contributed by atoms with E-state index in [1.807, 2.05) is 87.6 Å². The smallest absolute Gasteiger partial charge is 0.0317 e. The normalized spacial score (nSPS) is 11.9.